The van der Waals surface area contributed by atoms with E-state index in [1.807, 2.05) is 0 Å². The monoisotopic (exact) mass is 212 g/mol. The van der Waals surface area contributed by atoms with Gasteiger partial charge in [0.1, 0.15) is 0 Å². The topological polar surface area (TPSA) is 29.3 Å². The second-order valence-corrected chi connectivity index (χ2v) is 4.96. The van der Waals surface area contributed by atoms with E-state index in [4.69, 9.17) is 5.73 Å². The van der Waals surface area contributed by atoms with Crippen LogP contribution in [0.4, 0.5) is 0 Å². The van der Waals surface area contributed by atoms with Crippen molar-refractivity contribution in [3.63, 3.8) is 0 Å². The second-order valence-electron chi connectivity index (χ2n) is 4.96. The van der Waals surface area contributed by atoms with Crippen LogP contribution in [0.1, 0.15) is 59.3 Å². The summed E-state index contributed by atoms with van der Waals surface area (Å²) in [7, 11) is 0. The minimum absolute atomic E-state index is 0.404. The summed E-state index contributed by atoms with van der Waals surface area (Å²) in [6.07, 6.45) is 7.83. The Balaban J connectivity index is 2.62. The highest BCUT2D eigenvalue weighted by molar-refractivity contribution is 4.86. The molecule has 1 aliphatic carbocycles. The lowest BCUT2D eigenvalue weighted by Crippen LogP contribution is -2.50. The van der Waals surface area contributed by atoms with Gasteiger partial charge in [-0.25, -0.2) is 0 Å². The van der Waals surface area contributed by atoms with E-state index < -0.39 is 0 Å². The van der Waals surface area contributed by atoms with Gasteiger partial charge < -0.3 is 5.73 Å². The molecule has 0 spiro atoms. The Labute approximate surface area is 95.2 Å². The van der Waals surface area contributed by atoms with Crippen molar-refractivity contribution in [2.24, 2.45) is 5.73 Å². The highest BCUT2D eigenvalue weighted by Crippen LogP contribution is 2.23. The average Bonchev–Trinajstić information content (AvgIpc) is 2.45. The van der Waals surface area contributed by atoms with Gasteiger partial charge in [-0.15, -0.1) is 0 Å². The number of likely N-dealkylation sites (N-methyl/N-ethyl adjacent to an activating group) is 1. The molecule has 15 heavy (non-hydrogen) atoms. The lowest BCUT2D eigenvalue weighted by atomic mass is 10.00. The molecule has 2 N–H and O–H groups in total. The second kappa shape index (κ2) is 6.49. The fraction of sp³-hybridized carbons (Fsp3) is 1.00. The molecule has 1 saturated carbocycles. The van der Waals surface area contributed by atoms with Gasteiger partial charge in [-0.1, -0.05) is 33.1 Å². The molecule has 0 aromatic rings. The van der Waals surface area contributed by atoms with Crippen LogP contribution in [-0.4, -0.2) is 29.6 Å². The average molecular weight is 212 g/mol. The molecule has 1 rings (SSSR count). The van der Waals surface area contributed by atoms with Crippen LogP contribution in [0, 0.1) is 0 Å². The maximum absolute atomic E-state index is 6.31. The van der Waals surface area contributed by atoms with Gasteiger partial charge in [-0.2, -0.15) is 0 Å². The molecule has 3 atom stereocenters. The first-order valence-corrected chi connectivity index (χ1v) is 6.72. The minimum atomic E-state index is 0.404. The molecule has 1 fully saturated rings. The van der Waals surface area contributed by atoms with Gasteiger partial charge in [0, 0.05) is 18.1 Å². The van der Waals surface area contributed by atoms with Crippen LogP contribution in [0.15, 0.2) is 0 Å². The Morgan fingerprint density at radius 2 is 1.87 bits per heavy atom. The molecule has 1 aliphatic rings. The lowest BCUT2D eigenvalue weighted by Gasteiger charge is -2.38. The predicted octanol–water partition coefficient (Wildman–Crippen LogP) is 2.77. The van der Waals surface area contributed by atoms with Crippen LogP contribution in [0.2, 0.25) is 0 Å². The van der Waals surface area contributed by atoms with Crippen LogP contribution in [0.5, 0.6) is 0 Å². The molecule has 0 aromatic carbocycles. The Morgan fingerprint density at radius 1 is 1.20 bits per heavy atom. The molecule has 0 aliphatic heterocycles. The number of nitrogens with zero attached hydrogens (tertiary/aromatic N) is 1. The SMILES string of the molecule is CCC(C)N(CC)C1CCCCCC1N. The van der Waals surface area contributed by atoms with E-state index in [1.54, 1.807) is 0 Å². The van der Waals surface area contributed by atoms with Crippen LogP contribution in [0.25, 0.3) is 0 Å². The van der Waals surface area contributed by atoms with Crippen LogP contribution >= 0.6 is 0 Å². The molecule has 3 unspecified atom stereocenters. The van der Waals surface area contributed by atoms with E-state index in [2.05, 4.69) is 25.7 Å². The highest BCUT2D eigenvalue weighted by Gasteiger charge is 2.27. The Morgan fingerprint density at radius 3 is 2.47 bits per heavy atom. The molecule has 0 heterocycles. The van der Waals surface area contributed by atoms with Crippen molar-refractivity contribution >= 4 is 0 Å². The van der Waals surface area contributed by atoms with Gasteiger partial charge in [0.05, 0.1) is 0 Å². The summed E-state index contributed by atoms with van der Waals surface area (Å²) < 4.78 is 0. The first kappa shape index (κ1) is 13.0. The van der Waals surface area contributed by atoms with E-state index in [1.165, 1.54) is 38.5 Å². The van der Waals surface area contributed by atoms with E-state index in [9.17, 15) is 0 Å². The quantitative estimate of drug-likeness (QED) is 0.726. The standard InChI is InChI=1S/C13H28N2/c1-4-11(3)15(5-2)13-10-8-6-7-9-12(13)14/h11-13H,4-10,14H2,1-3H3. The number of rotatable bonds is 4. The summed E-state index contributed by atoms with van der Waals surface area (Å²) in [6.45, 7) is 8.02. The fourth-order valence-corrected chi connectivity index (χ4v) is 2.84. The zero-order valence-corrected chi connectivity index (χ0v) is 10.7. The van der Waals surface area contributed by atoms with Crippen molar-refractivity contribution in [2.45, 2.75) is 77.4 Å². The molecule has 90 valence electrons. The van der Waals surface area contributed by atoms with E-state index in [0.717, 1.165) is 6.54 Å². The minimum Gasteiger partial charge on any atom is -0.326 e. The Hall–Kier alpha value is -0.0800. The Bertz CT molecular complexity index is 170. The predicted molar refractivity (Wildman–Crippen MR) is 67.0 cm³/mol. The van der Waals surface area contributed by atoms with E-state index in [-0.39, 0.29) is 0 Å². The van der Waals surface area contributed by atoms with Crippen molar-refractivity contribution in [3.8, 4) is 0 Å². The number of nitrogens with two attached hydrogens (primary N) is 1. The molecular weight excluding hydrogens is 184 g/mol. The maximum atomic E-state index is 6.31. The molecule has 0 amide bonds. The van der Waals surface area contributed by atoms with Gasteiger partial charge in [0.15, 0.2) is 0 Å². The largest absolute Gasteiger partial charge is 0.326 e. The summed E-state index contributed by atoms with van der Waals surface area (Å²) >= 11 is 0. The summed E-state index contributed by atoms with van der Waals surface area (Å²) in [5.41, 5.74) is 6.31. The van der Waals surface area contributed by atoms with Gasteiger partial charge in [-0.3, -0.25) is 4.90 Å². The molecule has 2 nitrogen and oxygen atoms in total. The summed E-state index contributed by atoms with van der Waals surface area (Å²) in [6, 6.07) is 1.72. The van der Waals surface area contributed by atoms with Gasteiger partial charge in [0.2, 0.25) is 0 Å². The van der Waals surface area contributed by atoms with Crippen LogP contribution < -0.4 is 5.73 Å². The fourth-order valence-electron chi connectivity index (χ4n) is 2.84. The molecule has 0 saturated heterocycles. The third-order valence-corrected chi connectivity index (χ3v) is 3.98. The third-order valence-electron chi connectivity index (χ3n) is 3.98. The van der Waals surface area contributed by atoms with Crippen molar-refractivity contribution in [1.82, 2.24) is 4.90 Å². The number of hydrogen-bond donors (Lipinski definition) is 1. The summed E-state index contributed by atoms with van der Waals surface area (Å²) in [4.78, 5) is 2.62. The van der Waals surface area contributed by atoms with Crippen molar-refractivity contribution < 1.29 is 0 Å². The zero-order valence-electron chi connectivity index (χ0n) is 10.7. The molecule has 0 aromatic heterocycles. The lowest BCUT2D eigenvalue weighted by molar-refractivity contribution is 0.121. The van der Waals surface area contributed by atoms with Gasteiger partial charge >= 0.3 is 0 Å². The van der Waals surface area contributed by atoms with Crippen molar-refractivity contribution in [3.05, 3.63) is 0 Å². The maximum Gasteiger partial charge on any atom is 0.0249 e. The molecule has 2 heteroatoms. The normalized spacial score (nSPS) is 30.2. The first-order chi connectivity index (χ1) is 7.20. The van der Waals surface area contributed by atoms with E-state index >= 15 is 0 Å². The Kier molecular flexibility index (Phi) is 5.62. The summed E-state index contributed by atoms with van der Waals surface area (Å²) in [5, 5.41) is 0. The zero-order chi connectivity index (χ0) is 11.3. The molecular formula is C13H28N2. The molecule has 0 radical (unpaired) electrons. The first-order valence-electron chi connectivity index (χ1n) is 6.72. The third kappa shape index (κ3) is 3.46. The van der Waals surface area contributed by atoms with Gasteiger partial charge in [0.25, 0.3) is 0 Å². The van der Waals surface area contributed by atoms with Crippen molar-refractivity contribution in [2.75, 3.05) is 6.54 Å². The van der Waals surface area contributed by atoms with Gasteiger partial charge in [-0.05, 0) is 32.7 Å². The number of hydrogen-bond acceptors (Lipinski definition) is 2. The summed E-state index contributed by atoms with van der Waals surface area (Å²) in [5.74, 6) is 0. The highest BCUT2D eigenvalue weighted by atomic mass is 15.2. The van der Waals surface area contributed by atoms with Crippen LogP contribution in [-0.2, 0) is 0 Å². The molecule has 0 bridgehead atoms. The van der Waals surface area contributed by atoms with E-state index in [0.29, 0.717) is 18.1 Å². The van der Waals surface area contributed by atoms with Crippen molar-refractivity contribution in [1.29, 1.82) is 0 Å². The van der Waals surface area contributed by atoms with Crippen LogP contribution in [0.3, 0.4) is 0 Å². The smallest absolute Gasteiger partial charge is 0.0249 e.